The number of rotatable bonds is 2. The average molecular weight is 286 g/mol. The minimum atomic E-state index is -0.504. The molecule has 0 saturated heterocycles. The third-order valence-electron chi connectivity index (χ3n) is 4.04. The fourth-order valence-electron chi connectivity index (χ4n) is 2.92. The lowest BCUT2D eigenvalue weighted by Gasteiger charge is -2.28. The number of carbonyl (C=O) groups is 1. The lowest BCUT2D eigenvalue weighted by atomic mass is 9.92. The van der Waals surface area contributed by atoms with Crippen LogP contribution in [0.2, 0.25) is 0 Å². The van der Waals surface area contributed by atoms with E-state index >= 15 is 0 Å². The fraction of sp³-hybridized carbons (Fsp3) is 0.375. The molecule has 1 aliphatic rings. The normalized spacial score (nSPS) is 22.1. The quantitative estimate of drug-likeness (QED) is 0.783. The number of fused-ring (bicyclic) bond motifs is 1. The molecule has 110 valence electrons. The van der Waals surface area contributed by atoms with Gasteiger partial charge in [0.1, 0.15) is 0 Å². The fourth-order valence-corrected chi connectivity index (χ4v) is 2.92. The molecule has 5 nitrogen and oxygen atoms in total. The number of hydrogen-bond acceptors (Lipinski definition) is 3. The van der Waals surface area contributed by atoms with E-state index in [1.165, 1.54) is 6.07 Å². The van der Waals surface area contributed by atoms with Crippen molar-refractivity contribution in [2.45, 2.75) is 37.8 Å². The molecule has 1 aromatic carbocycles. The van der Waals surface area contributed by atoms with Crippen molar-refractivity contribution in [1.82, 2.24) is 10.3 Å². The second-order valence-electron chi connectivity index (χ2n) is 5.52. The predicted molar refractivity (Wildman–Crippen MR) is 80.3 cm³/mol. The first-order valence-corrected chi connectivity index (χ1v) is 7.26. The molecule has 0 spiro atoms. The van der Waals surface area contributed by atoms with Crippen LogP contribution >= 0.6 is 0 Å². The molecule has 0 bridgehead atoms. The summed E-state index contributed by atoms with van der Waals surface area (Å²) in [5, 5.41) is 13.5. The number of aromatic amines is 1. The van der Waals surface area contributed by atoms with Crippen molar-refractivity contribution in [3.63, 3.8) is 0 Å². The number of hydrogen-bond donors (Lipinski definition) is 3. The zero-order valence-electron chi connectivity index (χ0n) is 11.6. The number of carbonyl (C=O) groups excluding carboxylic acids is 1. The summed E-state index contributed by atoms with van der Waals surface area (Å²) in [6.45, 7) is 0. The highest BCUT2D eigenvalue weighted by atomic mass is 16.3. The monoisotopic (exact) mass is 286 g/mol. The number of benzene rings is 1. The third kappa shape index (κ3) is 2.83. The van der Waals surface area contributed by atoms with Gasteiger partial charge >= 0.3 is 0 Å². The van der Waals surface area contributed by atoms with Crippen LogP contribution in [0.25, 0.3) is 10.9 Å². The van der Waals surface area contributed by atoms with Crippen molar-refractivity contribution < 1.29 is 9.90 Å². The molecule has 0 unspecified atom stereocenters. The molecular weight excluding hydrogens is 268 g/mol. The number of aliphatic hydroxyl groups is 1. The Morgan fingerprint density at radius 3 is 2.81 bits per heavy atom. The second kappa shape index (κ2) is 5.69. The SMILES string of the molecule is O=C(N[C@H]1CCCC[C@@H]1O)c1cc(=O)[nH]c2ccccc12. The molecular formula is C16H18N2O3. The van der Waals surface area contributed by atoms with E-state index in [0.717, 1.165) is 19.3 Å². The van der Waals surface area contributed by atoms with Crippen LogP contribution in [0.15, 0.2) is 35.1 Å². The number of H-pyrrole nitrogens is 1. The first kappa shape index (κ1) is 13.8. The number of amides is 1. The van der Waals surface area contributed by atoms with E-state index in [-0.39, 0.29) is 17.5 Å². The molecule has 0 radical (unpaired) electrons. The van der Waals surface area contributed by atoms with Gasteiger partial charge in [0.25, 0.3) is 5.91 Å². The number of para-hydroxylation sites is 1. The number of nitrogens with one attached hydrogen (secondary N) is 2. The average Bonchev–Trinajstić information content (AvgIpc) is 2.48. The van der Waals surface area contributed by atoms with Crippen molar-refractivity contribution in [1.29, 1.82) is 0 Å². The summed E-state index contributed by atoms with van der Waals surface area (Å²) in [4.78, 5) is 26.8. The maximum absolute atomic E-state index is 12.4. The van der Waals surface area contributed by atoms with Gasteiger partial charge < -0.3 is 15.4 Å². The molecule has 3 N–H and O–H groups in total. The van der Waals surface area contributed by atoms with Crippen LogP contribution in [-0.2, 0) is 0 Å². The summed E-state index contributed by atoms with van der Waals surface area (Å²) in [5.74, 6) is -0.303. The molecule has 1 amide bonds. The van der Waals surface area contributed by atoms with Crippen LogP contribution in [0.4, 0.5) is 0 Å². The zero-order chi connectivity index (χ0) is 14.8. The van der Waals surface area contributed by atoms with Crippen LogP contribution in [0, 0.1) is 0 Å². The lowest BCUT2D eigenvalue weighted by Crippen LogP contribution is -2.45. The van der Waals surface area contributed by atoms with Crippen LogP contribution in [0.1, 0.15) is 36.0 Å². The standard InChI is InChI=1S/C16H18N2O3/c19-14-8-4-3-7-13(14)18-16(21)11-9-15(20)17-12-6-2-1-5-10(11)12/h1-2,5-6,9,13-14,19H,3-4,7-8H2,(H,17,20)(H,18,21)/t13-,14-/m0/s1. The molecule has 1 saturated carbocycles. The molecule has 1 heterocycles. The molecule has 2 atom stereocenters. The van der Waals surface area contributed by atoms with Gasteiger partial charge in [0.2, 0.25) is 5.56 Å². The molecule has 0 aliphatic heterocycles. The first-order valence-electron chi connectivity index (χ1n) is 7.26. The third-order valence-corrected chi connectivity index (χ3v) is 4.04. The molecule has 1 aliphatic carbocycles. The van der Waals surface area contributed by atoms with Crippen molar-refractivity contribution in [3.05, 3.63) is 46.2 Å². The molecule has 1 aromatic heterocycles. The summed E-state index contributed by atoms with van der Waals surface area (Å²) < 4.78 is 0. The van der Waals surface area contributed by atoms with Gasteiger partial charge in [-0.25, -0.2) is 0 Å². The van der Waals surface area contributed by atoms with Gasteiger partial charge in [0.15, 0.2) is 0 Å². The van der Waals surface area contributed by atoms with E-state index in [9.17, 15) is 14.7 Å². The van der Waals surface area contributed by atoms with Crippen molar-refractivity contribution in [2.75, 3.05) is 0 Å². The minimum absolute atomic E-state index is 0.232. The van der Waals surface area contributed by atoms with Gasteiger partial charge in [0, 0.05) is 17.0 Å². The van der Waals surface area contributed by atoms with Gasteiger partial charge in [-0.05, 0) is 18.9 Å². The lowest BCUT2D eigenvalue weighted by molar-refractivity contribution is 0.0718. The maximum Gasteiger partial charge on any atom is 0.252 e. The van der Waals surface area contributed by atoms with Gasteiger partial charge in [-0.15, -0.1) is 0 Å². The minimum Gasteiger partial charge on any atom is -0.391 e. The second-order valence-corrected chi connectivity index (χ2v) is 5.52. The molecule has 21 heavy (non-hydrogen) atoms. The first-order chi connectivity index (χ1) is 10.1. The van der Waals surface area contributed by atoms with Crippen LogP contribution < -0.4 is 10.9 Å². The topological polar surface area (TPSA) is 82.2 Å². The Morgan fingerprint density at radius 1 is 1.24 bits per heavy atom. The predicted octanol–water partition coefficient (Wildman–Crippen LogP) is 1.56. The van der Waals surface area contributed by atoms with Gasteiger partial charge in [-0.2, -0.15) is 0 Å². The van der Waals surface area contributed by atoms with E-state index in [2.05, 4.69) is 10.3 Å². The number of pyridine rings is 1. The van der Waals surface area contributed by atoms with Crippen molar-refractivity contribution >= 4 is 16.8 Å². The Bertz CT molecular complexity index is 723. The van der Waals surface area contributed by atoms with Crippen LogP contribution in [0.3, 0.4) is 0 Å². The number of aliphatic hydroxyl groups excluding tert-OH is 1. The summed E-state index contributed by atoms with van der Waals surface area (Å²) >= 11 is 0. The molecule has 3 rings (SSSR count). The Balaban J connectivity index is 1.92. The van der Waals surface area contributed by atoms with Gasteiger partial charge in [-0.1, -0.05) is 31.0 Å². The van der Waals surface area contributed by atoms with Crippen LogP contribution in [-0.4, -0.2) is 28.1 Å². The summed E-state index contributed by atoms with van der Waals surface area (Å²) in [6.07, 6.45) is 2.96. The van der Waals surface area contributed by atoms with Gasteiger partial charge in [-0.3, -0.25) is 9.59 Å². The highest BCUT2D eigenvalue weighted by Gasteiger charge is 2.25. The van der Waals surface area contributed by atoms with E-state index in [1.807, 2.05) is 12.1 Å². The van der Waals surface area contributed by atoms with Crippen LogP contribution in [0.5, 0.6) is 0 Å². The Labute approximate surface area is 122 Å². The Kier molecular flexibility index (Phi) is 3.75. The van der Waals surface area contributed by atoms with Crippen molar-refractivity contribution in [3.8, 4) is 0 Å². The van der Waals surface area contributed by atoms with E-state index in [0.29, 0.717) is 22.9 Å². The molecule has 2 aromatic rings. The van der Waals surface area contributed by atoms with Gasteiger partial charge in [0.05, 0.1) is 17.7 Å². The van der Waals surface area contributed by atoms with E-state index in [1.54, 1.807) is 12.1 Å². The molecule has 1 fully saturated rings. The smallest absolute Gasteiger partial charge is 0.252 e. The summed E-state index contributed by atoms with van der Waals surface area (Å²) in [5.41, 5.74) is 0.689. The zero-order valence-corrected chi connectivity index (χ0v) is 11.6. The van der Waals surface area contributed by atoms with E-state index in [4.69, 9.17) is 0 Å². The van der Waals surface area contributed by atoms with E-state index < -0.39 is 6.10 Å². The largest absolute Gasteiger partial charge is 0.391 e. The molecule has 5 heteroatoms. The summed E-state index contributed by atoms with van der Waals surface area (Å²) in [6, 6.07) is 8.29. The maximum atomic E-state index is 12.4. The highest BCUT2D eigenvalue weighted by molar-refractivity contribution is 6.06. The van der Waals surface area contributed by atoms with Crippen molar-refractivity contribution in [2.24, 2.45) is 0 Å². The Morgan fingerprint density at radius 2 is 2.00 bits per heavy atom. The number of aromatic nitrogens is 1. The Hall–Kier alpha value is -2.14. The highest BCUT2D eigenvalue weighted by Crippen LogP contribution is 2.20. The summed E-state index contributed by atoms with van der Waals surface area (Å²) in [7, 11) is 0.